The molecule has 1 aromatic carbocycles. The molecule has 0 spiro atoms. The second-order valence-electron chi connectivity index (χ2n) is 3.94. The highest BCUT2D eigenvalue weighted by Crippen LogP contribution is 2.42. The lowest BCUT2D eigenvalue weighted by atomic mass is 10.1. The van der Waals surface area contributed by atoms with Crippen LogP contribution in [-0.4, -0.2) is 11.0 Å². The van der Waals surface area contributed by atoms with Crippen LogP contribution in [0.3, 0.4) is 0 Å². The molecule has 3 N–H and O–H groups in total. The number of halogens is 1. The van der Waals surface area contributed by atoms with Gasteiger partial charge in [0.2, 0.25) is 0 Å². The Bertz CT molecular complexity index is 489. The van der Waals surface area contributed by atoms with Crippen LogP contribution >= 0.6 is 11.6 Å². The molecule has 1 aromatic heterocycles. The largest absolute Gasteiger partial charge is 0.361 e. The highest BCUT2D eigenvalue weighted by Gasteiger charge is 2.36. The lowest BCUT2D eigenvalue weighted by Crippen LogP contribution is -2.00. The molecule has 0 radical (unpaired) electrons. The first kappa shape index (κ1) is 8.33. The third kappa shape index (κ3) is 1.15. The summed E-state index contributed by atoms with van der Waals surface area (Å²) in [6, 6.07) is 6.29. The molecule has 2 atom stereocenters. The number of rotatable bonds is 1. The molecule has 14 heavy (non-hydrogen) atoms. The molecule has 1 aliphatic rings. The minimum Gasteiger partial charge on any atom is -0.361 e. The van der Waals surface area contributed by atoms with E-state index < -0.39 is 0 Å². The smallest absolute Gasteiger partial charge is 0.0471 e. The Kier molecular flexibility index (Phi) is 1.64. The Hall–Kier alpha value is -0.990. The van der Waals surface area contributed by atoms with Crippen LogP contribution in [0.5, 0.6) is 0 Å². The molecule has 0 aliphatic heterocycles. The van der Waals surface area contributed by atoms with E-state index in [9.17, 15) is 0 Å². The molecule has 1 fully saturated rings. The van der Waals surface area contributed by atoms with Crippen molar-refractivity contribution in [2.45, 2.75) is 18.4 Å². The van der Waals surface area contributed by atoms with Crippen LogP contribution in [0.15, 0.2) is 24.4 Å². The van der Waals surface area contributed by atoms with E-state index in [1.807, 2.05) is 12.1 Å². The zero-order chi connectivity index (χ0) is 9.71. The number of hydrogen-bond donors (Lipinski definition) is 2. The molecule has 2 unspecified atom stereocenters. The Balaban J connectivity index is 2.17. The fourth-order valence-corrected chi connectivity index (χ4v) is 2.17. The fourth-order valence-electron chi connectivity index (χ4n) is 2.00. The highest BCUT2D eigenvalue weighted by atomic mass is 35.5. The maximum absolute atomic E-state index is 5.91. The summed E-state index contributed by atoms with van der Waals surface area (Å²) in [7, 11) is 0. The maximum Gasteiger partial charge on any atom is 0.0471 e. The van der Waals surface area contributed by atoms with E-state index in [2.05, 4.69) is 17.2 Å². The summed E-state index contributed by atoms with van der Waals surface area (Å²) in [5.74, 6) is 0.546. The summed E-state index contributed by atoms with van der Waals surface area (Å²) >= 11 is 5.91. The van der Waals surface area contributed by atoms with Gasteiger partial charge in [0.15, 0.2) is 0 Å². The lowest BCUT2D eigenvalue weighted by Gasteiger charge is -1.95. The number of nitrogens with two attached hydrogens (primary N) is 1. The van der Waals surface area contributed by atoms with E-state index >= 15 is 0 Å². The predicted octanol–water partition coefficient (Wildman–Crippen LogP) is 2.64. The first-order chi connectivity index (χ1) is 6.75. The highest BCUT2D eigenvalue weighted by molar-refractivity contribution is 6.31. The summed E-state index contributed by atoms with van der Waals surface area (Å²) in [5, 5.41) is 2.03. The normalized spacial score (nSPS) is 25.6. The molecule has 2 aromatic rings. The molecule has 1 aliphatic carbocycles. The van der Waals surface area contributed by atoms with E-state index in [1.165, 1.54) is 10.9 Å². The SMILES string of the molecule is NC1CC1c1c[nH]c2cc(Cl)ccc12. The Morgan fingerprint density at radius 3 is 2.93 bits per heavy atom. The monoisotopic (exact) mass is 206 g/mol. The van der Waals surface area contributed by atoms with Gasteiger partial charge in [-0.3, -0.25) is 0 Å². The zero-order valence-corrected chi connectivity index (χ0v) is 8.38. The van der Waals surface area contributed by atoms with Crippen molar-refractivity contribution in [2.24, 2.45) is 5.73 Å². The van der Waals surface area contributed by atoms with Gasteiger partial charge in [0.1, 0.15) is 0 Å². The van der Waals surface area contributed by atoms with Gasteiger partial charge < -0.3 is 10.7 Å². The molecular formula is C11H11ClN2. The topological polar surface area (TPSA) is 41.8 Å². The number of aromatic amines is 1. The molecule has 0 bridgehead atoms. The van der Waals surface area contributed by atoms with Crippen molar-refractivity contribution in [3.8, 4) is 0 Å². The van der Waals surface area contributed by atoms with Crippen molar-refractivity contribution in [3.05, 3.63) is 35.0 Å². The summed E-state index contributed by atoms with van der Waals surface area (Å²) < 4.78 is 0. The number of fused-ring (bicyclic) bond motifs is 1. The Morgan fingerprint density at radius 2 is 2.21 bits per heavy atom. The van der Waals surface area contributed by atoms with Crippen LogP contribution in [0.2, 0.25) is 5.02 Å². The van der Waals surface area contributed by atoms with Crippen LogP contribution in [-0.2, 0) is 0 Å². The van der Waals surface area contributed by atoms with Crippen molar-refractivity contribution < 1.29 is 0 Å². The minimum atomic E-state index is 0.352. The van der Waals surface area contributed by atoms with E-state index in [-0.39, 0.29) is 0 Å². The third-order valence-corrected chi connectivity index (χ3v) is 3.15. The quantitative estimate of drug-likeness (QED) is 0.740. The Morgan fingerprint density at radius 1 is 1.43 bits per heavy atom. The van der Waals surface area contributed by atoms with Crippen molar-refractivity contribution >= 4 is 22.5 Å². The van der Waals surface area contributed by atoms with Crippen LogP contribution in [0.4, 0.5) is 0 Å². The number of hydrogen-bond acceptors (Lipinski definition) is 1. The number of aromatic nitrogens is 1. The standard InChI is InChI=1S/C11H11ClN2/c12-6-1-2-7-9(8-4-10(8)13)5-14-11(7)3-6/h1-3,5,8,10,14H,4,13H2. The van der Waals surface area contributed by atoms with Gasteiger partial charge in [-0.1, -0.05) is 17.7 Å². The number of benzene rings is 1. The van der Waals surface area contributed by atoms with Crippen LogP contribution < -0.4 is 5.73 Å². The van der Waals surface area contributed by atoms with Crippen LogP contribution in [0.1, 0.15) is 17.9 Å². The third-order valence-electron chi connectivity index (χ3n) is 2.92. The summed E-state index contributed by atoms with van der Waals surface area (Å²) in [6.45, 7) is 0. The maximum atomic E-state index is 5.91. The molecule has 0 saturated heterocycles. The van der Waals surface area contributed by atoms with Gasteiger partial charge in [0.25, 0.3) is 0 Å². The van der Waals surface area contributed by atoms with E-state index in [0.29, 0.717) is 12.0 Å². The molecular weight excluding hydrogens is 196 g/mol. The minimum absolute atomic E-state index is 0.352. The van der Waals surface area contributed by atoms with Crippen molar-refractivity contribution in [1.82, 2.24) is 4.98 Å². The van der Waals surface area contributed by atoms with Crippen LogP contribution in [0.25, 0.3) is 10.9 Å². The molecule has 72 valence electrons. The van der Waals surface area contributed by atoms with Gasteiger partial charge in [-0.2, -0.15) is 0 Å². The number of H-pyrrole nitrogens is 1. The molecule has 2 nitrogen and oxygen atoms in total. The van der Waals surface area contributed by atoms with Gasteiger partial charge >= 0.3 is 0 Å². The van der Waals surface area contributed by atoms with Crippen LogP contribution in [0, 0.1) is 0 Å². The summed E-state index contributed by atoms with van der Waals surface area (Å²) in [5.41, 5.74) is 8.28. The van der Waals surface area contributed by atoms with Gasteiger partial charge in [-0.05, 0) is 24.1 Å². The second-order valence-corrected chi connectivity index (χ2v) is 4.38. The van der Waals surface area contributed by atoms with Gasteiger partial charge in [-0.25, -0.2) is 0 Å². The van der Waals surface area contributed by atoms with Crippen molar-refractivity contribution in [3.63, 3.8) is 0 Å². The predicted molar refractivity (Wildman–Crippen MR) is 58.6 cm³/mol. The molecule has 3 heteroatoms. The zero-order valence-electron chi connectivity index (χ0n) is 7.63. The van der Waals surface area contributed by atoms with Gasteiger partial charge in [-0.15, -0.1) is 0 Å². The first-order valence-electron chi connectivity index (χ1n) is 4.78. The van der Waals surface area contributed by atoms with E-state index in [1.54, 1.807) is 0 Å². The molecule has 3 rings (SSSR count). The van der Waals surface area contributed by atoms with E-state index in [0.717, 1.165) is 17.0 Å². The van der Waals surface area contributed by atoms with E-state index in [4.69, 9.17) is 17.3 Å². The fraction of sp³-hybridized carbons (Fsp3) is 0.273. The lowest BCUT2D eigenvalue weighted by molar-refractivity contribution is 0.997. The molecule has 1 saturated carbocycles. The van der Waals surface area contributed by atoms with Crippen molar-refractivity contribution in [2.75, 3.05) is 0 Å². The average molecular weight is 207 g/mol. The first-order valence-corrected chi connectivity index (χ1v) is 5.15. The average Bonchev–Trinajstić information content (AvgIpc) is 2.75. The Labute approximate surface area is 87.1 Å². The van der Waals surface area contributed by atoms with Crippen molar-refractivity contribution in [1.29, 1.82) is 0 Å². The summed E-state index contributed by atoms with van der Waals surface area (Å²) in [6.07, 6.45) is 3.16. The van der Waals surface area contributed by atoms with Gasteiger partial charge in [0.05, 0.1) is 0 Å². The molecule has 0 amide bonds. The van der Waals surface area contributed by atoms with Gasteiger partial charge in [0, 0.05) is 34.1 Å². The summed E-state index contributed by atoms with van der Waals surface area (Å²) in [4.78, 5) is 3.23. The number of nitrogens with one attached hydrogen (secondary N) is 1. The molecule has 1 heterocycles. The second kappa shape index (κ2) is 2.75.